The summed E-state index contributed by atoms with van der Waals surface area (Å²) in [5.74, 6) is -1.86. The van der Waals surface area contributed by atoms with Crippen molar-refractivity contribution in [3.05, 3.63) is 59.0 Å². The van der Waals surface area contributed by atoms with E-state index in [1.165, 1.54) is 26.2 Å². The zero-order valence-electron chi connectivity index (χ0n) is 20.0. The number of aliphatic hydroxyl groups excluding tert-OH is 1. The number of methoxy groups -OCH3 is 1. The van der Waals surface area contributed by atoms with Crippen LogP contribution in [0, 0.1) is 11.6 Å². The number of hydrogen-bond acceptors (Lipinski definition) is 9. The van der Waals surface area contributed by atoms with Crippen molar-refractivity contribution in [3.63, 3.8) is 0 Å². The van der Waals surface area contributed by atoms with Crippen molar-refractivity contribution in [2.24, 2.45) is 0 Å². The number of anilines is 3. The number of halogens is 2. The lowest BCUT2D eigenvalue weighted by Gasteiger charge is -2.10. The number of thiazole rings is 2. The quantitative estimate of drug-likeness (QED) is 0.212. The van der Waals surface area contributed by atoms with Crippen LogP contribution in [0.4, 0.5) is 30.2 Å². The number of nitrogens with zero attached hydrogens (tertiary/aromatic N) is 2. The molecule has 4 aromatic rings. The van der Waals surface area contributed by atoms with Crippen molar-refractivity contribution < 1.29 is 28.2 Å². The van der Waals surface area contributed by atoms with Gasteiger partial charge in [-0.25, -0.2) is 23.5 Å². The van der Waals surface area contributed by atoms with Crippen LogP contribution in [0.25, 0.3) is 21.1 Å². The van der Waals surface area contributed by atoms with Crippen LogP contribution in [-0.2, 0) is 0 Å². The molecule has 0 unspecified atom stereocenters. The monoisotopic (exact) mass is 560 g/mol. The molecule has 2 heterocycles. The maximum Gasteiger partial charge on any atom is 0.321 e. The number of urea groups is 1. The average Bonchev–Trinajstić information content (AvgIpc) is 3.50. The highest BCUT2D eigenvalue weighted by molar-refractivity contribution is 7.23. The highest BCUT2D eigenvalue weighted by Crippen LogP contribution is 2.39. The van der Waals surface area contributed by atoms with Crippen molar-refractivity contribution in [1.82, 2.24) is 15.3 Å². The summed E-state index contributed by atoms with van der Waals surface area (Å²) in [5.41, 5.74) is 6.16. The van der Waals surface area contributed by atoms with E-state index >= 15 is 0 Å². The SMILES string of the molecule is COc1cccc(C(=O)Nc2cc(-c3csc(-c4sc(NC(=O)NC[C@@H](C)O)nc4N)n3)c(F)cc2F)c1. The molecule has 2 aromatic carbocycles. The van der Waals surface area contributed by atoms with Crippen LogP contribution in [0.15, 0.2) is 41.8 Å². The Labute approximate surface area is 223 Å². The van der Waals surface area contributed by atoms with Crippen LogP contribution < -0.4 is 26.4 Å². The van der Waals surface area contributed by atoms with E-state index in [-0.39, 0.29) is 40.0 Å². The largest absolute Gasteiger partial charge is 0.497 e. The van der Waals surface area contributed by atoms with E-state index in [9.17, 15) is 23.5 Å². The van der Waals surface area contributed by atoms with Crippen LogP contribution in [0.3, 0.4) is 0 Å². The minimum Gasteiger partial charge on any atom is -0.497 e. The summed E-state index contributed by atoms with van der Waals surface area (Å²) in [6, 6.07) is 7.57. The van der Waals surface area contributed by atoms with Gasteiger partial charge in [-0.15, -0.1) is 11.3 Å². The Balaban J connectivity index is 1.55. The lowest BCUT2D eigenvalue weighted by molar-refractivity contribution is 0.102. The van der Waals surface area contributed by atoms with Gasteiger partial charge in [-0.1, -0.05) is 17.4 Å². The lowest BCUT2D eigenvalue weighted by Crippen LogP contribution is -2.34. The van der Waals surface area contributed by atoms with E-state index in [4.69, 9.17) is 10.5 Å². The zero-order valence-corrected chi connectivity index (χ0v) is 21.7. The molecule has 6 N–H and O–H groups in total. The van der Waals surface area contributed by atoms with Crippen molar-refractivity contribution in [2.45, 2.75) is 13.0 Å². The number of benzene rings is 2. The van der Waals surface area contributed by atoms with Gasteiger partial charge in [0.2, 0.25) is 0 Å². The molecular formula is C24H22F2N6O4S2. The maximum atomic E-state index is 14.7. The van der Waals surface area contributed by atoms with E-state index in [1.807, 2.05) is 0 Å². The summed E-state index contributed by atoms with van der Waals surface area (Å²) in [5, 5.41) is 18.9. The molecule has 4 rings (SSSR count). The number of nitrogens with two attached hydrogens (primary N) is 1. The van der Waals surface area contributed by atoms with E-state index in [2.05, 4.69) is 25.9 Å². The first-order chi connectivity index (χ1) is 18.1. The molecule has 0 saturated carbocycles. The number of amides is 3. The molecule has 198 valence electrons. The molecule has 0 spiro atoms. The van der Waals surface area contributed by atoms with Crippen molar-refractivity contribution in [2.75, 3.05) is 30.0 Å². The molecule has 0 fully saturated rings. The highest BCUT2D eigenvalue weighted by Gasteiger charge is 2.20. The van der Waals surface area contributed by atoms with E-state index < -0.39 is 29.7 Å². The molecule has 0 aliphatic heterocycles. The summed E-state index contributed by atoms with van der Waals surface area (Å²) in [7, 11) is 1.46. The standard InChI is InChI=1S/C24H22F2N6O4S2/c1-11(33)9-28-23(35)32-24-31-20(27)19(38-24)22-30-18(10-37-22)14-7-17(16(26)8-15(14)25)29-21(34)12-4-3-5-13(6-12)36-2/h3-8,10-11,33H,9,27H2,1-2H3,(H,29,34)(H2,28,31,32,35)/t11-/m1/s1. The number of aliphatic hydroxyl groups is 1. The third-order valence-electron chi connectivity index (χ3n) is 5.04. The highest BCUT2D eigenvalue weighted by atomic mass is 32.1. The molecule has 0 aliphatic carbocycles. The van der Waals surface area contributed by atoms with Crippen molar-refractivity contribution in [3.8, 4) is 26.9 Å². The number of carbonyl (C=O) groups excluding carboxylic acids is 2. The van der Waals surface area contributed by atoms with E-state index in [1.54, 1.807) is 17.5 Å². The summed E-state index contributed by atoms with van der Waals surface area (Å²) >= 11 is 2.21. The molecule has 1 atom stereocenters. The second-order valence-electron chi connectivity index (χ2n) is 7.95. The molecular weight excluding hydrogens is 538 g/mol. The third kappa shape index (κ3) is 6.22. The van der Waals surface area contributed by atoms with Gasteiger partial charge in [0.1, 0.15) is 33.1 Å². The summed E-state index contributed by atoms with van der Waals surface area (Å²) in [6.45, 7) is 1.59. The molecule has 0 bridgehead atoms. The Bertz CT molecular complexity index is 1490. The summed E-state index contributed by atoms with van der Waals surface area (Å²) in [6.07, 6.45) is -0.714. The molecule has 0 aliphatic rings. The van der Waals surface area contributed by atoms with Crippen LogP contribution in [0.5, 0.6) is 5.75 Å². The Hall–Kier alpha value is -4.14. The topological polar surface area (TPSA) is 151 Å². The average molecular weight is 561 g/mol. The first-order valence-electron chi connectivity index (χ1n) is 11.0. The van der Waals surface area contributed by atoms with Gasteiger partial charge < -0.3 is 26.2 Å². The molecule has 10 nitrogen and oxygen atoms in total. The Morgan fingerprint density at radius 3 is 2.68 bits per heavy atom. The van der Waals surface area contributed by atoms with E-state index in [0.717, 1.165) is 28.7 Å². The predicted octanol–water partition coefficient (Wildman–Crippen LogP) is 4.56. The number of nitrogen functional groups attached to an aromatic ring is 1. The zero-order chi connectivity index (χ0) is 27.4. The fourth-order valence-corrected chi connectivity index (χ4v) is 5.02. The minimum absolute atomic E-state index is 0.0335. The third-order valence-corrected chi connectivity index (χ3v) is 7.03. The first kappa shape index (κ1) is 26.9. The second-order valence-corrected chi connectivity index (χ2v) is 9.81. The fraction of sp³-hybridized carbons (Fsp3) is 0.167. The Morgan fingerprint density at radius 1 is 1.16 bits per heavy atom. The van der Waals surface area contributed by atoms with Gasteiger partial charge >= 0.3 is 6.03 Å². The second kappa shape index (κ2) is 11.5. The lowest BCUT2D eigenvalue weighted by atomic mass is 10.1. The number of aromatic nitrogens is 2. The first-order valence-corrected chi connectivity index (χ1v) is 12.7. The Morgan fingerprint density at radius 2 is 1.95 bits per heavy atom. The molecule has 38 heavy (non-hydrogen) atoms. The van der Waals surface area contributed by atoms with Crippen LogP contribution in [-0.4, -0.2) is 46.8 Å². The molecule has 0 saturated heterocycles. The van der Waals surface area contributed by atoms with E-state index in [0.29, 0.717) is 21.7 Å². The summed E-state index contributed by atoms with van der Waals surface area (Å²) < 4.78 is 34.4. The normalized spacial score (nSPS) is 11.6. The minimum atomic E-state index is -0.950. The predicted molar refractivity (Wildman–Crippen MR) is 143 cm³/mol. The van der Waals surface area contributed by atoms with Gasteiger partial charge in [0.15, 0.2) is 5.13 Å². The number of hydrogen-bond donors (Lipinski definition) is 5. The van der Waals surface area contributed by atoms with Crippen molar-refractivity contribution >= 4 is 51.2 Å². The smallest absolute Gasteiger partial charge is 0.321 e. The van der Waals surface area contributed by atoms with Gasteiger partial charge in [-0.3, -0.25) is 10.1 Å². The van der Waals surface area contributed by atoms with Gasteiger partial charge in [-0.2, -0.15) is 0 Å². The van der Waals surface area contributed by atoms with Gasteiger partial charge in [-0.05, 0) is 31.2 Å². The fourth-order valence-electron chi connectivity index (χ4n) is 3.22. The van der Waals surface area contributed by atoms with Crippen LogP contribution >= 0.6 is 22.7 Å². The number of rotatable bonds is 8. The Kier molecular flexibility index (Phi) is 8.14. The van der Waals surface area contributed by atoms with Crippen molar-refractivity contribution in [1.29, 1.82) is 0 Å². The van der Waals surface area contributed by atoms with Gasteiger partial charge in [0.25, 0.3) is 5.91 Å². The molecule has 3 amide bonds. The number of nitrogens with one attached hydrogen (secondary N) is 3. The molecule has 2 aromatic heterocycles. The number of ether oxygens (including phenoxy) is 1. The number of carbonyl (C=O) groups is 2. The molecule has 14 heteroatoms. The van der Waals surface area contributed by atoms with Gasteiger partial charge in [0, 0.05) is 29.1 Å². The molecule has 0 radical (unpaired) electrons. The van der Waals surface area contributed by atoms with Crippen LogP contribution in [0.1, 0.15) is 17.3 Å². The maximum absolute atomic E-state index is 14.7. The van der Waals surface area contributed by atoms with Crippen LogP contribution in [0.2, 0.25) is 0 Å². The summed E-state index contributed by atoms with van der Waals surface area (Å²) in [4.78, 5) is 33.5. The van der Waals surface area contributed by atoms with Gasteiger partial charge in [0.05, 0.1) is 24.6 Å².